The van der Waals surface area contributed by atoms with Gasteiger partial charge < -0.3 is 14.5 Å². The van der Waals surface area contributed by atoms with Crippen LogP contribution in [0.25, 0.3) is 10.9 Å². The Morgan fingerprint density at radius 3 is 2.56 bits per heavy atom. The molecule has 2 aromatic rings. The molecule has 0 aliphatic carbocycles. The molecular formula is C20H27N3O2. The first-order chi connectivity index (χ1) is 11.8. The molecule has 1 amide bonds. The number of piperazine rings is 1. The fourth-order valence-corrected chi connectivity index (χ4v) is 3.36. The number of rotatable bonds is 1. The molecule has 1 aromatic heterocycles. The lowest BCUT2D eigenvalue weighted by atomic mass is 10.1. The molecule has 2 heterocycles. The summed E-state index contributed by atoms with van der Waals surface area (Å²) >= 11 is 0. The van der Waals surface area contributed by atoms with Gasteiger partial charge >= 0.3 is 6.09 Å². The molecule has 0 radical (unpaired) electrons. The molecule has 1 aliphatic rings. The van der Waals surface area contributed by atoms with Crippen molar-refractivity contribution in [2.24, 2.45) is 0 Å². The van der Waals surface area contributed by atoms with Gasteiger partial charge in [0.1, 0.15) is 5.60 Å². The van der Waals surface area contributed by atoms with Crippen LogP contribution in [0.4, 0.5) is 10.5 Å². The molecule has 25 heavy (non-hydrogen) atoms. The lowest BCUT2D eigenvalue weighted by Gasteiger charge is -2.45. The third kappa shape index (κ3) is 3.70. The average molecular weight is 341 g/mol. The Kier molecular flexibility index (Phi) is 4.58. The molecule has 2 atom stereocenters. The second-order valence-corrected chi connectivity index (χ2v) is 7.84. The van der Waals surface area contributed by atoms with Gasteiger partial charge in [-0.25, -0.2) is 4.79 Å². The van der Waals surface area contributed by atoms with Crippen LogP contribution in [0.3, 0.4) is 0 Å². The Morgan fingerprint density at radius 2 is 1.84 bits per heavy atom. The van der Waals surface area contributed by atoms with Gasteiger partial charge in [-0.2, -0.15) is 0 Å². The third-order valence-corrected chi connectivity index (χ3v) is 4.53. The molecule has 1 aliphatic heterocycles. The minimum atomic E-state index is -0.475. The van der Waals surface area contributed by atoms with E-state index in [4.69, 9.17) is 4.74 Å². The van der Waals surface area contributed by atoms with E-state index in [0.29, 0.717) is 6.54 Å². The molecule has 0 spiro atoms. The van der Waals surface area contributed by atoms with Gasteiger partial charge in [0.2, 0.25) is 0 Å². The molecule has 5 heteroatoms. The Morgan fingerprint density at radius 1 is 1.12 bits per heavy atom. The number of hydrogen-bond donors (Lipinski definition) is 0. The number of fused-ring (bicyclic) bond motifs is 1. The topological polar surface area (TPSA) is 45.7 Å². The Bertz CT molecular complexity index is 764. The first kappa shape index (κ1) is 17.5. The zero-order valence-electron chi connectivity index (χ0n) is 15.7. The first-order valence-corrected chi connectivity index (χ1v) is 8.86. The fraction of sp³-hybridized carbons (Fsp3) is 0.500. The first-order valence-electron chi connectivity index (χ1n) is 8.86. The van der Waals surface area contributed by atoms with E-state index in [-0.39, 0.29) is 18.2 Å². The maximum atomic E-state index is 12.5. The molecule has 1 fully saturated rings. The molecule has 0 bridgehead atoms. The zero-order chi connectivity index (χ0) is 18.2. The van der Waals surface area contributed by atoms with Gasteiger partial charge in [0.25, 0.3) is 0 Å². The minimum absolute atomic E-state index is 0.0741. The molecule has 134 valence electrons. The number of benzene rings is 1. The zero-order valence-corrected chi connectivity index (χ0v) is 15.7. The molecule has 0 N–H and O–H groups in total. The van der Waals surface area contributed by atoms with Crippen LogP contribution < -0.4 is 4.90 Å². The maximum absolute atomic E-state index is 12.5. The fourth-order valence-electron chi connectivity index (χ4n) is 3.36. The number of carbonyl (C=O) groups is 1. The van der Waals surface area contributed by atoms with E-state index in [1.165, 1.54) is 0 Å². The summed E-state index contributed by atoms with van der Waals surface area (Å²) in [4.78, 5) is 21.3. The second kappa shape index (κ2) is 6.54. The van der Waals surface area contributed by atoms with Gasteiger partial charge in [0.15, 0.2) is 0 Å². The monoisotopic (exact) mass is 341 g/mol. The van der Waals surface area contributed by atoms with Crippen LogP contribution in [0.5, 0.6) is 0 Å². The summed E-state index contributed by atoms with van der Waals surface area (Å²) in [5, 5.41) is 1.13. The van der Waals surface area contributed by atoms with E-state index < -0.39 is 5.60 Å². The van der Waals surface area contributed by atoms with Crippen molar-refractivity contribution in [3.8, 4) is 0 Å². The quantitative estimate of drug-likeness (QED) is 0.784. The van der Waals surface area contributed by atoms with Crippen LogP contribution >= 0.6 is 0 Å². The van der Waals surface area contributed by atoms with Crippen LogP contribution in [0, 0.1) is 0 Å². The predicted molar refractivity (Wildman–Crippen MR) is 101 cm³/mol. The Balaban J connectivity index is 1.84. The summed E-state index contributed by atoms with van der Waals surface area (Å²) in [5.41, 5.74) is 1.66. The number of amides is 1. The number of hydrogen-bond acceptors (Lipinski definition) is 4. The Hall–Kier alpha value is -2.30. The minimum Gasteiger partial charge on any atom is -0.444 e. The highest BCUT2D eigenvalue weighted by molar-refractivity contribution is 5.91. The number of anilines is 1. The van der Waals surface area contributed by atoms with Crippen molar-refractivity contribution in [3.63, 3.8) is 0 Å². The van der Waals surface area contributed by atoms with E-state index in [2.05, 4.69) is 48.0 Å². The number of ether oxygens (including phenoxy) is 1. The standard InChI is InChI=1S/C20H27N3O2/c1-14-13-23(19(24)25-20(3,4)5)15(2)12-22(14)17-10-6-8-16-9-7-11-21-18(16)17/h6-11,14-15H,12-13H2,1-5H3/t14-,15+/m1/s1. The molecular weight excluding hydrogens is 314 g/mol. The maximum Gasteiger partial charge on any atom is 0.410 e. The van der Waals surface area contributed by atoms with Crippen molar-refractivity contribution in [1.82, 2.24) is 9.88 Å². The van der Waals surface area contributed by atoms with Crippen molar-refractivity contribution in [1.29, 1.82) is 0 Å². The van der Waals surface area contributed by atoms with Gasteiger partial charge in [-0.1, -0.05) is 18.2 Å². The van der Waals surface area contributed by atoms with Crippen molar-refractivity contribution in [2.75, 3.05) is 18.0 Å². The number of nitrogens with zero attached hydrogens (tertiary/aromatic N) is 3. The van der Waals surface area contributed by atoms with Gasteiger partial charge in [0, 0.05) is 36.8 Å². The highest BCUT2D eigenvalue weighted by atomic mass is 16.6. The molecule has 3 rings (SSSR count). The van der Waals surface area contributed by atoms with Crippen LogP contribution in [-0.2, 0) is 4.74 Å². The van der Waals surface area contributed by atoms with Crippen LogP contribution in [0.2, 0.25) is 0 Å². The number of carbonyl (C=O) groups excluding carboxylic acids is 1. The van der Waals surface area contributed by atoms with Crippen molar-refractivity contribution in [3.05, 3.63) is 36.5 Å². The van der Waals surface area contributed by atoms with Crippen molar-refractivity contribution >= 4 is 22.7 Å². The van der Waals surface area contributed by atoms with E-state index in [9.17, 15) is 4.79 Å². The van der Waals surface area contributed by atoms with Gasteiger partial charge in [-0.15, -0.1) is 0 Å². The second-order valence-electron chi connectivity index (χ2n) is 7.84. The Labute approximate surface area is 149 Å². The van der Waals surface area contributed by atoms with Crippen LogP contribution in [-0.4, -0.2) is 46.8 Å². The van der Waals surface area contributed by atoms with E-state index >= 15 is 0 Å². The summed E-state index contributed by atoms with van der Waals surface area (Å²) in [6, 6.07) is 10.6. The molecule has 5 nitrogen and oxygen atoms in total. The van der Waals surface area contributed by atoms with Crippen LogP contribution in [0.1, 0.15) is 34.6 Å². The van der Waals surface area contributed by atoms with Gasteiger partial charge in [0.05, 0.1) is 11.2 Å². The summed E-state index contributed by atoms with van der Waals surface area (Å²) in [6.07, 6.45) is 1.60. The van der Waals surface area contributed by atoms with E-state index in [1.54, 1.807) is 0 Å². The largest absolute Gasteiger partial charge is 0.444 e. The van der Waals surface area contributed by atoms with E-state index in [0.717, 1.165) is 23.1 Å². The normalized spacial score (nSPS) is 21.5. The molecule has 0 unspecified atom stereocenters. The molecule has 0 saturated carbocycles. The number of aromatic nitrogens is 1. The lowest BCUT2D eigenvalue weighted by Crippen LogP contribution is -2.59. The summed E-state index contributed by atoms with van der Waals surface area (Å²) in [5.74, 6) is 0. The van der Waals surface area contributed by atoms with E-state index in [1.807, 2.05) is 37.9 Å². The highest BCUT2D eigenvalue weighted by Gasteiger charge is 2.35. The number of pyridine rings is 1. The van der Waals surface area contributed by atoms with Crippen molar-refractivity contribution < 1.29 is 9.53 Å². The highest BCUT2D eigenvalue weighted by Crippen LogP contribution is 2.30. The average Bonchev–Trinajstić information content (AvgIpc) is 2.54. The van der Waals surface area contributed by atoms with Gasteiger partial charge in [-0.05, 0) is 46.8 Å². The molecule has 1 aromatic carbocycles. The third-order valence-electron chi connectivity index (χ3n) is 4.53. The summed E-state index contributed by atoms with van der Waals surface area (Å²) in [7, 11) is 0. The van der Waals surface area contributed by atoms with Crippen LogP contribution in [0.15, 0.2) is 36.5 Å². The molecule has 1 saturated heterocycles. The SMILES string of the molecule is C[C@@H]1CN(C(=O)OC(C)(C)C)[C@@H](C)CN1c1cccc2cccnc12. The van der Waals surface area contributed by atoms with Gasteiger partial charge in [-0.3, -0.25) is 4.98 Å². The smallest absolute Gasteiger partial charge is 0.410 e. The van der Waals surface area contributed by atoms with Crippen molar-refractivity contribution in [2.45, 2.75) is 52.3 Å². The summed E-state index contributed by atoms with van der Waals surface area (Å²) in [6.45, 7) is 11.3. The summed E-state index contributed by atoms with van der Waals surface area (Å²) < 4.78 is 5.56. The lowest BCUT2D eigenvalue weighted by molar-refractivity contribution is 0.0130. The predicted octanol–water partition coefficient (Wildman–Crippen LogP) is 4.07. The number of para-hydroxylation sites is 1.